The van der Waals surface area contributed by atoms with Crippen LogP contribution in [0.1, 0.15) is 59.3 Å². The molecule has 0 aromatic rings. The van der Waals surface area contributed by atoms with Gasteiger partial charge in [0.15, 0.2) is 0 Å². The molecule has 1 heterocycles. The first-order valence-electron chi connectivity index (χ1n) is 8.73. The first kappa shape index (κ1) is 17.1. The Balaban J connectivity index is 1.86. The van der Waals surface area contributed by atoms with Gasteiger partial charge in [0.1, 0.15) is 0 Å². The van der Waals surface area contributed by atoms with Gasteiger partial charge in [0.25, 0.3) is 0 Å². The molecule has 0 spiro atoms. The molecular weight excluding hydrogens is 278 g/mol. The minimum Gasteiger partial charge on any atom is -0.341 e. The number of amides is 3. The summed E-state index contributed by atoms with van der Waals surface area (Å²) in [6.45, 7) is 8.79. The van der Waals surface area contributed by atoms with E-state index in [1.54, 1.807) is 0 Å². The van der Waals surface area contributed by atoms with Crippen LogP contribution in [0.3, 0.4) is 0 Å². The van der Waals surface area contributed by atoms with Crippen molar-refractivity contribution in [3.8, 4) is 0 Å². The molecule has 0 aromatic heterocycles. The van der Waals surface area contributed by atoms with Crippen molar-refractivity contribution in [2.75, 3.05) is 26.2 Å². The molecule has 0 bridgehead atoms. The van der Waals surface area contributed by atoms with Crippen molar-refractivity contribution in [2.45, 2.75) is 64.8 Å². The molecule has 126 valence electrons. The molecule has 3 amide bonds. The molecule has 2 aliphatic rings. The fourth-order valence-electron chi connectivity index (χ4n) is 3.35. The largest absolute Gasteiger partial charge is 0.341 e. The van der Waals surface area contributed by atoms with Crippen molar-refractivity contribution in [1.29, 1.82) is 0 Å². The Morgan fingerprint density at radius 3 is 2.09 bits per heavy atom. The third-order valence-corrected chi connectivity index (χ3v) is 4.53. The van der Waals surface area contributed by atoms with Gasteiger partial charge in [-0.15, -0.1) is 0 Å². The van der Waals surface area contributed by atoms with Crippen LogP contribution in [0.4, 0.5) is 4.79 Å². The summed E-state index contributed by atoms with van der Waals surface area (Å²) in [7, 11) is 0. The maximum atomic E-state index is 12.6. The van der Waals surface area contributed by atoms with E-state index in [1.807, 2.05) is 30.6 Å². The molecule has 22 heavy (non-hydrogen) atoms. The van der Waals surface area contributed by atoms with Gasteiger partial charge in [0.2, 0.25) is 5.91 Å². The van der Waals surface area contributed by atoms with Crippen LogP contribution >= 0.6 is 0 Å². The van der Waals surface area contributed by atoms with Gasteiger partial charge in [0, 0.05) is 37.6 Å². The van der Waals surface area contributed by atoms with Gasteiger partial charge in [0.05, 0.1) is 0 Å². The molecule has 0 atom stereocenters. The Morgan fingerprint density at radius 2 is 1.45 bits per heavy atom. The molecule has 0 unspecified atom stereocenters. The fraction of sp³-hybridized carbons (Fsp3) is 0.882. The standard InChI is InChI=1S/C17H31N3O2/c1-17(2,3)18-16(22)20-11-7-10-19(12-13-20)15(21)14-8-5-4-6-9-14/h14H,4-13H2,1-3H3,(H,18,22). The minimum atomic E-state index is -0.221. The second-order valence-electron chi connectivity index (χ2n) is 7.68. The zero-order chi connectivity index (χ0) is 16.2. The number of hydrogen-bond acceptors (Lipinski definition) is 2. The Labute approximate surface area is 134 Å². The number of hydrogen-bond donors (Lipinski definition) is 1. The quantitative estimate of drug-likeness (QED) is 0.809. The van der Waals surface area contributed by atoms with Crippen molar-refractivity contribution in [2.24, 2.45) is 5.92 Å². The van der Waals surface area contributed by atoms with Crippen molar-refractivity contribution < 1.29 is 9.59 Å². The van der Waals surface area contributed by atoms with Crippen molar-refractivity contribution in [3.05, 3.63) is 0 Å². The second-order valence-corrected chi connectivity index (χ2v) is 7.68. The lowest BCUT2D eigenvalue weighted by atomic mass is 9.88. The maximum absolute atomic E-state index is 12.6. The van der Waals surface area contributed by atoms with Gasteiger partial charge in [-0.1, -0.05) is 19.3 Å². The monoisotopic (exact) mass is 309 g/mol. The molecule has 0 radical (unpaired) electrons. The fourth-order valence-corrected chi connectivity index (χ4v) is 3.35. The number of nitrogens with one attached hydrogen (secondary N) is 1. The van der Waals surface area contributed by atoms with Crippen LogP contribution in [0.15, 0.2) is 0 Å². The SMILES string of the molecule is CC(C)(C)NC(=O)N1CCCN(C(=O)C2CCCCC2)CC1. The van der Waals surface area contributed by atoms with Crippen LogP contribution in [-0.2, 0) is 4.79 Å². The van der Waals surface area contributed by atoms with Crippen LogP contribution in [0, 0.1) is 5.92 Å². The van der Waals surface area contributed by atoms with Gasteiger partial charge in [-0.3, -0.25) is 4.79 Å². The number of nitrogens with zero attached hydrogens (tertiary/aromatic N) is 2. The highest BCUT2D eigenvalue weighted by Crippen LogP contribution is 2.25. The lowest BCUT2D eigenvalue weighted by Crippen LogP contribution is -2.49. The van der Waals surface area contributed by atoms with Gasteiger partial charge >= 0.3 is 6.03 Å². The van der Waals surface area contributed by atoms with Crippen molar-refractivity contribution in [3.63, 3.8) is 0 Å². The maximum Gasteiger partial charge on any atom is 0.317 e. The van der Waals surface area contributed by atoms with Gasteiger partial charge < -0.3 is 15.1 Å². The van der Waals surface area contributed by atoms with Gasteiger partial charge in [-0.2, -0.15) is 0 Å². The zero-order valence-corrected chi connectivity index (χ0v) is 14.4. The van der Waals surface area contributed by atoms with E-state index in [-0.39, 0.29) is 17.5 Å². The van der Waals surface area contributed by atoms with Gasteiger partial charge in [-0.25, -0.2) is 4.79 Å². The highest BCUT2D eigenvalue weighted by molar-refractivity contribution is 5.79. The third-order valence-electron chi connectivity index (χ3n) is 4.53. The number of rotatable bonds is 1. The molecule has 2 rings (SSSR count). The molecule has 5 heteroatoms. The third kappa shape index (κ3) is 4.89. The van der Waals surface area contributed by atoms with Crippen LogP contribution in [0.5, 0.6) is 0 Å². The summed E-state index contributed by atoms with van der Waals surface area (Å²) >= 11 is 0. The van der Waals surface area contributed by atoms with E-state index in [9.17, 15) is 9.59 Å². The predicted molar refractivity (Wildman–Crippen MR) is 87.6 cm³/mol. The molecule has 5 nitrogen and oxygen atoms in total. The van der Waals surface area contributed by atoms with Gasteiger partial charge in [-0.05, 0) is 40.0 Å². The summed E-state index contributed by atoms with van der Waals surface area (Å²) in [5, 5.41) is 3.01. The van der Waals surface area contributed by atoms with Crippen molar-refractivity contribution >= 4 is 11.9 Å². The number of urea groups is 1. The lowest BCUT2D eigenvalue weighted by molar-refractivity contribution is -0.136. The van der Waals surface area contributed by atoms with Crippen LogP contribution in [0.25, 0.3) is 0 Å². The molecular formula is C17H31N3O2. The van der Waals surface area contributed by atoms with E-state index >= 15 is 0 Å². The number of carbonyl (C=O) groups is 2. The summed E-state index contributed by atoms with van der Waals surface area (Å²) in [6, 6.07) is -0.0144. The first-order valence-corrected chi connectivity index (χ1v) is 8.73. The normalized spacial score (nSPS) is 21.4. The average molecular weight is 309 g/mol. The average Bonchev–Trinajstić information content (AvgIpc) is 2.71. The van der Waals surface area contributed by atoms with E-state index in [0.29, 0.717) is 19.0 Å². The van der Waals surface area contributed by atoms with Crippen LogP contribution in [-0.4, -0.2) is 53.5 Å². The topological polar surface area (TPSA) is 52.7 Å². The number of carbonyl (C=O) groups excluding carboxylic acids is 2. The molecule has 1 saturated carbocycles. The predicted octanol–water partition coefficient (Wildman–Crippen LogP) is 2.61. The van der Waals surface area contributed by atoms with E-state index in [0.717, 1.165) is 32.4 Å². The van der Waals surface area contributed by atoms with E-state index in [2.05, 4.69) is 5.32 Å². The molecule has 0 aromatic carbocycles. The Bertz CT molecular complexity index is 397. The summed E-state index contributed by atoms with van der Waals surface area (Å²) in [5.41, 5.74) is -0.221. The highest BCUT2D eigenvalue weighted by Gasteiger charge is 2.28. The van der Waals surface area contributed by atoms with E-state index < -0.39 is 0 Å². The Hall–Kier alpha value is -1.26. The lowest BCUT2D eigenvalue weighted by Gasteiger charge is -2.29. The summed E-state index contributed by atoms with van der Waals surface area (Å²) in [6.07, 6.45) is 6.60. The van der Waals surface area contributed by atoms with Crippen LogP contribution in [0.2, 0.25) is 0 Å². The van der Waals surface area contributed by atoms with Crippen molar-refractivity contribution in [1.82, 2.24) is 15.1 Å². The zero-order valence-electron chi connectivity index (χ0n) is 14.4. The highest BCUT2D eigenvalue weighted by atomic mass is 16.2. The minimum absolute atomic E-state index is 0.0144. The molecule has 1 saturated heterocycles. The Kier molecular flexibility index (Phi) is 5.70. The summed E-state index contributed by atoms with van der Waals surface area (Å²) in [5.74, 6) is 0.543. The molecule has 2 fully saturated rings. The Morgan fingerprint density at radius 1 is 0.864 bits per heavy atom. The molecule has 1 N–H and O–H groups in total. The summed E-state index contributed by atoms with van der Waals surface area (Å²) in [4.78, 5) is 28.7. The van der Waals surface area contributed by atoms with E-state index in [1.165, 1.54) is 19.3 Å². The molecule has 1 aliphatic heterocycles. The van der Waals surface area contributed by atoms with E-state index in [4.69, 9.17) is 0 Å². The molecule has 1 aliphatic carbocycles. The second kappa shape index (κ2) is 7.34. The first-order chi connectivity index (χ1) is 10.4. The van der Waals surface area contributed by atoms with Crippen LogP contribution < -0.4 is 5.32 Å². The summed E-state index contributed by atoms with van der Waals surface area (Å²) < 4.78 is 0. The smallest absolute Gasteiger partial charge is 0.317 e.